The van der Waals surface area contributed by atoms with Gasteiger partial charge in [0.15, 0.2) is 5.84 Å². The fourth-order valence-electron chi connectivity index (χ4n) is 1.56. The Morgan fingerprint density at radius 1 is 1.45 bits per heavy atom. The summed E-state index contributed by atoms with van der Waals surface area (Å²) >= 11 is 0. The average molecular weight is 145 g/mol. The molecule has 0 amide bonds. The molecule has 1 fully saturated rings. The third-order valence-corrected chi connectivity index (χ3v) is 2.27. The van der Waals surface area contributed by atoms with Crippen LogP contribution < -0.4 is 0 Å². The molecule has 0 spiro atoms. The van der Waals surface area contributed by atoms with Crippen molar-refractivity contribution in [2.75, 3.05) is 6.54 Å². The summed E-state index contributed by atoms with van der Waals surface area (Å²) in [6, 6.07) is 0. The molecule has 3 nitrogen and oxygen atoms in total. The van der Waals surface area contributed by atoms with Crippen molar-refractivity contribution in [1.29, 1.82) is 0 Å². The molecule has 0 N–H and O–H groups in total. The second-order valence-electron chi connectivity index (χ2n) is 3.00. The van der Waals surface area contributed by atoms with Crippen molar-refractivity contribution in [3.8, 4) is 0 Å². The monoisotopic (exact) mass is 145 g/mol. The van der Waals surface area contributed by atoms with E-state index in [-0.39, 0.29) is 0 Å². The largest absolute Gasteiger partial charge is 0.269 e. The summed E-state index contributed by atoms with van der Waals surface area (Å²) in [5.74, 6) is 1.53. The van der Waals surface area contributed by atoms with Gasteiger partial charge in [-0.2, -0.15) is 0 Å². The Morgan fingerprint density at radius 2 is 2.45 bits per heavy atom. The number of amidine groups is 1. The van der Waals surface area contributed by atoms with Gasteiger partial charge < -0.3 is 0 Å². The van der Waals surface area contributed by atoms with Crippen LogP contribution in [0.1, 0.15) is 6.42 Å². The summed E-state index contributed by atoms with van der Waals surface area (Å²) in [5.41, 5.74) is 2.79. The zero-order valence-corrected chi connectivity index (χ0v) is 5.99. The molecule has 11 heavy (non-hydrogen) atoms. The Kier molecular flexibility index (Phi) is 0.820. The SMILES string of the molecule is C1=NCC2=C3CC3C=NC2=N1. The summed E-state index contributed by atoms with van der Waals surface area (Å²) in [4.78, 5) is 12.4. The smallest absolute Gasteiger partial charge is 0.158 e. The first-order valence-electron chi connectivity index (χ1n) is 3.78. The Morgan fingerprint density at radius 3 is 3.45 bits per heavy atom. The van der Waals surface area contributed by atoms with E-state index in [1.165, 1.54) is 17.6 Å². The van der Waals surface area contributed by atoms with Gasteiger partial charge in [-0.1, -0.05) is 5.57 Å². The number of dihydropyridines is 1. The Bertz CT molecular complexity index is 333. The van der Waals surface area contributed by atoms with E-state index in [0.717, 1.165) is 12.4 Å². The number of nitrogens with zero attached hydrogens (tertiary/aromatic N) is 3. The van der Waals surface area contributed by atoms with Crippen LogP contribution in [0.15, 0.2) is 26.1 Å². The van der Waals surface area contributed by atoms with Gasteiger partial charge in [0.05, 0.1) is 6.54 Å². The van der Waals surface area contributed by atoms with E-state index in [1.807, 2.05) is 6.21 Å². The number of rotatable bonds is 0. The van der Waals surface area contributed by atoms with E-state index >= 15 is 0 Å². The molecule has 0 aromatic heterocycles. The van der Waals surface area contributed by atoms with E-state index < -0.39 is 0 Å². The fourth-order valence-corrected chi connectivity index (χ4v) is 1.56. The van der Waals surface area contributed by atoms with Gasteiger partial charge in [-0.05, 0) is 6.42 Å². The molecule has 1 aliphatic carbocycles. The van der Waals surface area contributed by atoms with Crippen molar-refractivity contribution in [3.63, 3.8) is 0 Å². The van der Waals surface area contributed by atoms with E-state index in [2.05, 4.69) is 15.0 Å². The van der Waals surface area contributed by atoms with Gasteiger partial charge in [-0.15, -0.1) is 0 Å². The third-order valence-electron chi connectivity index (χ3n) is 2.27. The maximum atomic E-state index is 4.25. The zero-order valence-electron chi connectivity index (χ0n) is 5.99. The minimum Gasteiger partial charge on any atom is -0.269 e. The van der Waals surface area contributed by atoms with Crippen LogP contribution in [0.3, 0.4) is 0 Å². The predicted octanol–water partition coefficient (Wildman–Crippen LogP) is 0.828. The first-order chi connectivity index (χ1) is 5.45. The minimum absolute atomic E-state index is 0.636. The van der Waals surface area contributed by atoms with Crippen LogP contribution in [0.5, 0.6) is 0 Å². The number of allylic oxidation sites excluding steroid dienone is 1. The quantitative estimate of drug-likeness (QED) is 0.484. The molecular weight excluding hydrogens is 138 g/mol. The van der Waals surface area contributed by atoms with Gasteiger partial charge in [0.25, 0.3) is 0 Å². The van der Waals surface area contributed by atoms with Crippen LogP contribution in [0.4, 0.5) is 0 Å². The van der Waals surface area contributed by atoms with Gasteiger partial charge in [0, 0.05) is 17.7 Å². The molecule has 1 saturated carbocycles. The molecule has 3 heteroatoms. The summed E-state index contributed by atoms with van der Waals surface area (Å²) in [6.45, 7) is 0.794. The van der Waals surface area contributed by atoms with Crippen molar-refractivity contribution in [1.82, 2.24) is 0 Å². The number of hydrogen-bond acceptors (Lipinski definition) is 3. The summed E-state index contributed by atoms with van der Waals surface area (Å²) in [5, 5.41) is 0. The molecule has 2 heterocycles. The van der Waals surface area contributed by atoms with Crippen LogP contribution in [0.2, 0.25) is 0 Å². The third kappa shape index (κ3) is 0.651. The first kappa shape index (κ1) is 5.41. The van der Waals surface area contributed by atoms with Crippen LogP contribution in [0.25, 0.3) is 0 Å². The predicted molar refractivity (Wildman–Crippen MR) is 44.4 cm³/mol. The minimum atomic E-state index is 0.636. The molecule has 3 aliphatic rings. The van der Waals surface area contributed by atoms with Crippen molar-refractivity contribution in [3.05, 3.63) is 11.1 Å². The standard InChI is InChI=1S/C8H7N3/c1-5-2-10-8-7(6(1)5)3-9-4-11-8/h2,4-5H,1,3H2. The number of aliphatic imine (C=N–C) groups is 3. The molecule has 3 rings (SSSR count). The Labute approximate surface area is 64.3 Å². The Hall–Kier alpha value is -1.25. The topological polar surface area (TPSA) is 37.1 Å². The van der Waals surface area contributed by atoms with E-state index in [0.29, 0.717) is 5.92 Å². The van der Waals surface area contributed by atoms with E-state index in [1.54, 1.807) is 6.34 Å². The van der Waals surface area contributed by atoms with Crippen molar-refractivity contribution < 1.29 is 0 Å². The van der Waals surface area contributed by atoms with Crippen LogP contribution in [-0.2, 0) is 0 Å². The zero-order chi connectivity index (χ0) is 7.26. The summed E-state index contributed by atoms with van der Waals surface area (Å²) in [7, 11) is 0. The van der Waals surface area contributed by atoms with E-state index in [4.69, 9.17) is 0 Å². The lowest BCUT2D eigenvalue weighted by Crippen LogP contribution is -2.11. The summed E-state index contributed by atoms with van der Waals surface area (Å²) in [6.07, 6.45) is 4.78. The molecule has 0 saturated heterocycles. The highest BCUT2D eigenvalue weighted by atomic mass is 15.0. The highest BCUT2D eigenvalue weighted by Crippen LogP contribution is 2.42. The number of fused-ring (bicyclic) bond motifs is 2. The number of hydrogen-bond donors (Lipinski definition) is 0. The molecule has 1 atom stereocenters. The van der Waals surface area contributed by atoms with Gasteiger partial charge in [-0.25, -0.2) is 9.98 Å². The van der Waals surface area contributed by atoms with Crippen LogP contribution in [-0.4, -0.2) is 24.9 Å². The van der Waals surface area contributed by atoms with E-state index in [9.17, 15) is 0 Å². The second kappa shape index (κ2) is 1.67. The highest BCUT2D eigenvalue weighted by molar-refractivity contribution is 6.11. The average Bonchev–Trinajstić information content (AvgIpc) is 2.83. The Balaban J connectivity index is 2.17. The highest BCUT2D eigenvalue weighted by Gasteiger charge is 2.36. The molecule has 0 aromatic carbocycles. The molecule has 54 valence electrons. The molecule has 0 radical (unpaired) electrons. The van der Waals surface area contributed by atoms with Crippen molar-refractivity contribution >= 4 is 18.4 Å². The normalized spacial score (nSPS) is 31.3. The van der Waals surface area contributed by atoms with Gasteiger partial charge in [0.2, 0.25) is 0 Å². The fraction of sp³-hybridized carbons (Fsp3) is 0.375. The molecular formula is C8H7N3. The van der Waals surface area contributed by atoms with Gasteiger partial charge in [-0.3, -0.25) is 4.99 Å². The van der Waals surface area contributed by atoms with Crippen molar-refractivity contribution in [2.45, 2.75) is 6.42 Å². The molecule has 1 unspecified atom stereocenters. The van der Waals surface area contributed by atoms with Crippen LogP contribution >= 0.6 is 0 Å². The second-order valence-corrected chi connectivity index (χ2v) is 3.00. The lowest BCUT2D eigenvalue weighted by molar-refractivity contribution is 1.14. The molecule has 0 aromatic rings. The van der Waals surface area contributed by atoms with Crippen LogP contribution in [0, 0.1) is 5.92 Å². The molecule has 2 aliphatic heterocycles. The van der Waals surface area contributed by atoms with Gasteiger partial charge in [0.1, 0.15) is 6.34 Å². The lowest BCUT2D eigenvalue weighted by Gasteiger charge is -2.09. The maximum Gasteiger partial charge on any atom is 0.158 e. The maximum absolute atomic E-state index is 4.25. The molecule has 0 bridgehead atoms. The lowest BCUT2D eigenvalue weighted by atomic mass is 10.1. The van der Waals surface area contributed by atoms with Crippen molar-refractivity contribution in [2.24, 2.45) is 20.9 Å². The van der Waals surface area contributed by atoms with Gasteiger partial charge >= 0.3 is 0 Å². The first-order valence-corrected chi connectivity index (χ1v) is 3.78. The summed E-state index contributed by atoms with van der Waals surface area (Å²) < 4.78 is 0.